The fourth-order valence-electron chi connectivity index (χ4n) is 2.11. The number of hydrogen-bond acceptors (Lipinski definition) is 5. The number of benzene rings is 1. The molecule has 1 saturated heterocycles. The molecule has 0 aliphatic carbocycles. The molecule has 0 N–H and O–H groups in total. The van der Waals surface area contributed by atoms with Crippen molar-refractivity contribution in [2.24, 2.45) is 0 Å². The van der Waals surface area contributed by atoms with E-state index in [2.05, 4.69) is 11.0 Å². The van der Waals surface area contributed by atoms with Crippen LogP contribution >= 0.6 is 0 Å². The van der Waals surface area contributed by atoms with Gasteiger partial charge in [-0.15, -0.1) is 0 Å². The Kier molecular flexibility index (Phi) is 4.08. The monoisotopic (exact) mass is 280 g/mol. The summed E-state index contributed by atoms with van der Waals surface area (Å²) in [4.78, 5) is 2.09. The average molecular weight is 280 g/mol. The number of ether oxygens (including phenoxy) is 1. The van der Waals surface area contributed by atoms with Crippen molar-refractivity contribution in [3.8, 4) is 11.8 Å². The Balaban J connectivity index is 2.06. The van der Waals surface area contributed by atoms with Crippen LogP contribution in [0.3, 0.4) is 0 Å². The largest absolute Gasteiger partial charge is 0.495 e. The number of hydrogen-bond donors (Lipinski definition) is 0. The Labute approximate surface area is 113 Å². The zero-order chi connectivity index (χ0) is 13.9. The third-order valence-electron chi connectivity index (χ3n) is 3.23. The van der Waals surface area contributed by atoms with Gasteiger partial charge < -0.3 is 4.74 Å². The molecule has 5 nitrogen and oxygen atoms in total. The van der Waals surface area contributed by atoms with Crippen LogP contribution in [0.5, 0.6) is 5.75 Å². The first-order valence-corrected chi connectivity index (χ1v) is 7.86. The van der Waals surface area contributed by atoms with E-state index in [0.29, 0.717) is 30.9 Å². The van der Waals surface area contributed by atoms with Crippen LogP contribution in [0.4, 0.5) is 0 Å². The summed E-state index contributed by atoms with van der Waals surface area (Å²) in [7, 11) is -1.31. The first kappa shape index (κ1) is 13.8. The van der Waals surface area contributed by atoms with Crippen LogP contribution in [0.15, 0.2) is 18.2 Å². The lowest BCUT2D eigenvalue weighted by Gasteiger charge is -2.26. The van der Waals surface area contributed by atoms with E-state index < -0.39 is 9.84 Å². The summed E-state index contributed by atoms with van der Waals surface area (Å²) in [5, 5.41) is 9.03. The molecule has 0 aromatic heterocycles. The minimum atomic E-state index is -2.85. The van der Waals surface area contributed by atoms with Gasteiger partial charge in [-0.25, -0.2) is 8.42 Å². The summed E-state index contributed by atoms with van der Waals surface area (Å²) in [5.74, 6) is 0.996. The maximum atomic E-state index is 11.3. The first-order valence-electron chi connectivity index (χ1n) is 6.04. The second kappa shape index (κ2) is 5.59. The molecule has 1 fully saturated rings. The highest BCUT2D eigenvalue weighted by Gasteiger charge is 2.21. The number of nitrogens with zero attached hydrogens (tertiary/aromatic N) is 2. The van der Waals surface area contributed by atoms with Crippen molar-refractivity contribution in [1.82, 2.24) is 4.90 Å². The van der Waals surface area contributed by atoms with Crippen LogP contribution in [0.25, 0.3) is 0 Å². The number of rotatable bonds is 3. The molecular weight excluding hydrogens is 264 g/mol. The van der Waals surface area contributed by atoms with Crippen molar-refractivity contribution < 1.29 is 13.2 Å². The Morgan fingerprint density at radius 1 is 1.37 bits per heavy atom. The van der Waals surface area contributed by atoms with E-state index in [4.69, 9.17) is 10.00 Å². The lowest BCUT2D eigenvalue weighted by molar-refractivity contribution is 0.287. The van der Waals surface area contributed by atoms with Crippen molar-refractivity contribution in [1.29, 1.82) is 5.26 Å². The Morgan fingerprint density at radius 2 is 2.05 bits per heavy atom. The van der Waals surface area contributed by atoms with Crippen molar-refractivity contribution >= 4 is 9.84 Å². The number of nitriles is 1. The SMILES string of the molecule is COc1ccc(CN2CCS(=O)(=O)CC2)cc1C#N. The maximum absolute atomic E-state index is 11.3. The molecule has 1 aromatic rings. The first-order chi connectivity index (χ1) is 9.04. The van der Waals surface area contributed by atoms with E-state index in [-0.39, 0.29) is 11.5 Å². The summed E-state index contributed by atoms with van der Waals surface area (Å²) in [5.41, 5.74) is 1.50. The van der Waals surface area contributed by atoms with Gasteiger partial charge >= 0.3 is 0 Å². The van der Waals surface area contributed by atoms with Crippen LogP contribution in [0.1, 0.15) is 11.1 Å². The molecule has 0 unspecified atom stereocenters. The molecule has 0 bridgehead atoms. The highest BCUT2D eigenvalue weighted by molar-refractivity contribution is 7.91. The van der Waals surface area contributed by atoms with E-state index in [1.54, 1.807) is 12.1 Å². The summed E-state index contributed by atoms with van der Waals surface area (Å²) in [6, 6.07) is 7.57. The van der Waals surface area contributed by atoms with E-state index >= 15 is 0 Å². The highest BCUT2D eigenvalue weighted by atomic mass is 32.2. The van der Waals surface area contributed by atoms with Crippen molar-refractivity contribution in [2.75, 3.05) is 31.7 Å². The number of sulfone groups is 1. The van der Waals surface area contributed by atoms with Gasteiger partial charge in [0.2, 0.25) is 0 Å². The van der Waals surface area contributed by atoms with E-state index in [1.165, 1.54) is 7.11 Å². The van der Waals surface area contributed by atoms with Gasteiger partial charge in [-0.05, 0) is 17.7 Å². The molecule has 0 amide bonds. The molecule has 1 heterocycles. The lowest BCUT2D eigenvalue weighted by Crippen LogP contribution is -2.39. The maximum Gasteiger partial charge on any atom is 0.152 e. The molecule has 0 radical (unpaired) electrons. The summed E-state index contributed by atoms with van der Waals surface area (Å²) in [6.07, 6.45) is 0. The van der Waals surface area contributed by atoms with Crippen LogP contribution in [-0.4, -0.2) is 45.0 Å². The zero-order valence-corrected chi connectivity index (χ0v) is 11.6. The Bertz CT molecular complexity index is 591. The molecule has 1 aliphatic heterocycles. The van der Waals surface area contributed by atoms with Crippen LogP contribution in [0, 0.1) is 11.3 Å². The smallest absolute Gasteiger partial charge is 0.152 e. The van der Waals surface area contributed by atoms with Gasteiger partial charge in [0.25, 0.3) is 0 Å². The van der Waals surface area contributed by atoms with Gasteiger partial charge in [-0.2, -0.15) is 5.26 Å². The van der Waals surface area contributed by atoms with Gasteiger partial charge in [0.1, 0.15) is 11.8 Å². The van der Waals surface area contributed by atoms with Gasteiger partial charge in [0.05, 0.1) is 24.2 Å². The van der Waals surface area contributed by atoms with Crippen molar-refractivity contribution in [3.63, 3.8) is 0 Å². The topological polar surface area (TPSA) is 70.4 Å². The van der Waals surface area contributed by atoms with Gasteiger partial charge in [-0.1, -0.05) is 6.07 Å². The molecule has 6 heteroatoms. The molecule has 1 aliphatic rings. The standard InChI is InChI=1S/C13H16N2O3S/c1-18-13-3-2-11(8-12(13)9-14)10-15-4-6-19(16,17)7-5-15/h2-3,8H,4-7,10H2,1H3. The van der Waals surface area contributed by atoms with Crippen LogP contribution < -0.4 is 4.74 Å². The van der Waals surface area contributed by atoms with Gasteiger partial charge in [-0.3, -0.25) is 4.90 Å². The minimum absolute atomic E-state index is 0.217. The van der Waals surface area contributed by atoms with E-state index in [9.17, 15) is 8.42 Å². The predicted octanol–water partition coefficient (Wildman–Crippen LogP) is 0.797. The second-order valence-corrected chi connectivity index (χ2v) is 6.88. The fourth-order valence-corrected chi connectivity index (χ4v) is 3.38. The summed E-state index contributed by atoms with van der Waals surface area (Å²) >= 11 is 0. The quantitative estimate of drug-likeness (QED) is 0.819. The second-order valence-electron chi connectivity index (χ2n) is 4.57. The third kappa shape index (κ3) is 3.46. The third-order valence-corrected chi connectivity index (χ3v) is 4.84. The van der Waals surface area contributed by atoms with Gasteiger partial charge in [0, 0.05) is 19.6 Å². The fraction of sp³-hybridized carbons (Fsp3) is 0.462. The average Bonchev–Trinajstić information content (AvgIpc) is 2.41. The van der Waals surface area contributed by atoms with Crippen molar-refractivity contribution in [3.05, 3.63) is 29.3 Å². The minimum Gasteiger partial charge on any atom is -0.495 e. The Morgan fingerprint density at radius 3 is 2.63 bits per heavy atom. The van der Waals surface area contributed by atoms with Gasteiger partial charge in [0.15, 0.2) is 9.84 Å². The highest BCUT2D eigenvalue weighted by Crippen LogP contribution is 2.20. The van der Waals surface area contributed by atoms with Crippen LogP contribution in [-0.2, 0) is 16.4 Å². The normalized spacial score (nSPS) is 18.7. The molecule has 1 aromatic carbocycles. The zero-order valence-electron chi connectivity index (χ0n) is 10.8. The lowest BCUT2D eigenvalue weighted by atomic mass is 10.1. The van der Waals surface area contributed by atoms with Crippen LogP contribution in [0.2, 0.25) is 0 Å². The van der Waals surface area contributed by atoms with E-state index in [0.717, 1.165) is 5.56 Å². The molecule has 2 rings (SSSR count). The number of methoxy groups -OCH3 is 1. The van der Waals surface area contributed by atoms with E-state index in [1.807, 2.05) is 6.07 Å². The Hall–Kier alpha value is -1.58. The molecule has 0 saturated carbocycles. The summed E-state index contributed by atoms with van der Waals surface area (Å²) in [6.45, 7) is 1.76. The molecule has 102 valence electrons. The molecule has 19 heavy (non-hydrogen) atoms. The molecule has 0 atom stereocenters. The predicted molar refractivity (Wildman–Crippen MR) is 71.6 cm³/mol. The van der Waals surface area contributed by atoms with Crippen molar-refractivity contribution in [2.45, 2.75) is 6.54 Å². The molecular formula is C13H16N2O3S. The summed E-state index contributed by atoms with van der Waals surface area (Å²) < 4.78 is 27.8. The molecule has 0 spiro atoms.